The van der Waals surface area contributed by atoms with Crippen molar-refractivity contribution in [3.8, 4) is 0 Å². The minimum atomic E-state index is -0.424. The van der Waals surface area contributed by atoms with Crippen molar-refractivity contribution in [3.05, 3.63) is 58.0 Å². The predicted molar refractivity (Wildman–Crippen MR) is 95.1 cm³/mol. The lowest BCUT2D eigenvalue weighted by molar-refractivity contribution is -0.120. The summed E-state index contributed by atoms with van der Waals surface area (Å²) in [5.41, 5.74) is 1.49. The molecule has 126 valence electrons. The molecule has 1 fully saturated rings. The molecule has 0 radical (unpaired) electrons. The molecule has 6 heteroatoms. The van der Waals surface area contributed by atoms with Crippen molar-refractivity contribution in [2.45, 2.75) is 49.1 Å². The number of amides is 1. The van der Waals surface area contributed by atoms with Crippen molar-refractivity contribution in [2.24, 2.45) is 0 Å². The van der Waals surface area contributed by atoms with Gasteiger partial charge in [-0.15, -0.1) is 0 Å². The number of H-pyrrole nitrogens is 1. The first-order valence-electron chi connectivity index (χ1n) is 8.28. The molecule has 2 N–H and O–H groups in total. The minimum Gasteiger partial charge on any atom is -0.352 e. The molecule has 1 aliphatic carbocycles. The highest BCUT2D eigenvalue weighted by molar-refractivity contribution is 8.00. The van der Waals surface area contributed by atoms with E-state index in [1.54, 1.807) is 0 Å². The van der Waals surface area contributed by atoms with Crippen LogP contribution in [-0.2, 0) is 11.2 Å². The summed E-state index contributed by atoms with van der Waals surface area (Å²) in [7, 11) is 0. The number of thioether (sulfide) groups is 1. The normalized spacial score (nSPS) is 15.0. The van der Waals surface area contributed by atoms with Crippen LogP contribution in [0, 0.1) is 0 Å². The van der Waals surface area contributed by atoms with E-state index in [1.165, 1.54) is 17.8 Å². The van der Waals surface area contributed by atoms with E-state index in [9.17, 15) is 9.59 Å². The second-order valence-corrected chi connectivity index (χ2v) is 7.08. The number of nitrogens with one attached hydrogen (secondary N) is 2. The third-order valence-corrected chi connectivity index (χ3v) is 4.91. The van der Waals surface area contributed by atoms with Gasteiger partial charge >= 0.3 is 0 Å². The van der Waals surface area contributed by atoms with Crippen LogP contribution in [-0.4, -0.2) is 21.9 Å². The highest BCUT2D eigenvalue weighted by atomic mass is 32.2. The van der Waals surface area contributed by atoms with Crippen LogP contribution >= 0.6 is 11.8 Å². The number of hydrogen-bond acceptors (Lipinski definition) is 4. The molecule has 1 heterocycles. The first-order valence-corrected chi connectivity index (χ1v) is 9.16. The fourth-order valence-corrected chi connectivity index (χ4v) is 3.46. The Hall–Kier alpha value is -2.08. The smallest absolute Gasteiger partial charge is 0.251 e. The zero-order chi connectivity index (χ0) is 16.9. The van der Waals surface area contributed by atoms with Crippen molar-refractivity contribution in [1.29, 1.82) is 0 Å². The lowest BCUT2D eigenvalue weighted by Crippen LogP contribution is -2.30. The number of carbonyl (C=O) groups is 1. The van der Waals surface area contributed by atoms with Crippen molar-refractivity contribution in [3.63, 3.8) is 0 Å². The van der Waals surface area contributed by atoms with Crippen LogP contribution in [0.15, 0.2) is 46.3 Å². The summed E-state index contributed by atoms with van der Waals surface area (Å²) in [6.07, 6.45) is 3.75. The first-order chi connectivity index (χ1) is 11.7. The Bertz CT molecular complexity index is 756. The Labute approximate surface area is 145 Å². The van der Waals surface area contributed by atoms with E-state index in [0.29, 0.717) is 11.2 Å². The number of aromatic amines is 1. The van der Waals surface area contributed by atoms with E-state index in [-0.39, 0.29) is 11.5 Å². The van der Waals surface area contributed by atoms with Crippen molar-refractivity contribution >= 4 is 17.7 Å². The second kappa shape index (κ2) is 7.66. The summed E-state index contributed by atoms with van der Waals surface area (Å²) in [5, 5.41) is 3.11. The Morgan fingerprint density at radius 2 is 2.12 bits per heavy atom. The molecule has 24 heavy (non-hydrogen) atoms. The minimum absolute atomic E-state index is 0.0303. The number of aromatic nitrogens is 2. The van der Waals surface area contributed by atoms with Gasteiger partial charge in [0, 0.05) is 17.8 Å². The molecular formula is C18H21N3O2S. The Morgan fingerprint density at radius 3 is 2.79 bits per heavy atom. The summed E-state index contributed by atoms with van der Waals surface area (Å²) < 4.78 is 0. The van der Waals surface area contributed by atoms with Gasteiger partial charge in [-0.3, -0.25) is 9.59 Å². The van der Waals surface area contributed by atoms with Gasteiger partial charge in [-0.2, -0.15) is 0 Å². The van der Waals surface area contributed by atoms with Gasteiger partial charge in [-0.25, -0.2) is 4.98 Å². The molecular weight excluding hydrogens is 322 g/mol. The Kier molecular flexibility index (Phi) is 5.35. The average molecular weight is 343 g/mol. The molecule has 1 aromatic carbocycles. The summed E-state index contributed by atoms with van der Waals surface area (Å²) in [6.45, 7) is 2.05. The maximum atomic E-state index is 12.6. The second-order valence-electron chi connectivity index (χ2n) is 5.98. The van der Waals surface area contributed by atoms with Gasteiger partial charge in [-0.1, -0.05) is 55.4 Å². The highest BCUT2D eigenvalue weighted by Gasteiger charge is 2.29. The molecule has 1 saturated carbocycles. The lowest BCUT2D eigenvalue weighted by Gasteiger charge is -2.16. The average Bonchev–Trinajstić information content (AvgIpc) is 3.37. The molecule has 3 rings (SSSR count). The molecule has 1 aromatic heterocycles. The molecule has 1 amide bonds. The van der Waals surface area contributed by atoms with Crippen LogP contribution in [0.4, 0.5) is 0 Å². The van der Waals surface area contributed by atoms with Gasteiger partial charge < -0.3 is 10.3 Å². The van der Waals surface area contributed by atoms with Crippen LogP contribution in [0.2, 0.25) is 0 Å². The van der Waals surface area contributed by atoms with Gasteiger partial charge in [0.25, 0.3) is 5.56 Å². The van der Waals surface area contributed by atoms with Crippen LogP contribution < -0.4 is 10.9 Å². The summed E-state index contributed by atoms with van der Waals surface area (Å²) in [4.78, 5) is 31.7. The van der Waals surface area contributed by atoms with Gasteiger partial charge in [0.05, 0.1) is 0 Å². The Morgan fingerprint density at radius 1 is 1.38 bits per heavy atom. The van der Waals surface area contributed by atoms with E-state index >= 15 is 0 Å². The molecule has 0 aliphatic heterocycles. The number of hydrogen-bond donors (Lipinski definition) is 2. The fraction of sp³-hybridized carbons (Fsp3) is 0.389. The fourth-order valence-electron chi connectivity index (χ4n) is 2.44. The largest absolute Gasteiger partial charge is 0.352 e. The molecule has 2 aromatic rings. The zero-order valence-corrected chi connectivity index (χ0v) is 14.4. The summed E-state index contributed by atoms with van der Waals surface area (Å²) in [6, 6.07) is 11.4. The van der Waals surface area contributed by atoms with Gasteiger partial charge in [0.1, 0.15) is 5.25 Å². The van der Waals surface area contributed by atoms with Crippen molar-refractivity contribution in [2.75, 3.05) is 0 Å². The van der Waals surface area contributed by atoms with Crippen LogP contribution in [0.25, 0.3) is 0 Å². The summed E-state index contributed by atoms with van der Waals surface area (Å²) in [5.74, 6) is -0.0303. The quantitative estimate of drug-likeness (QED) is 0.599. The zero-order valence-electron chi connectivity index (χ0n) is 13.6. The molecule has 0 bridgehead atoms. The number of carbonyl (C=O) groups excluding carboxylic acids is 1. The van der Waals surface area contributed by atoms with Crippen LogP contribution in [0.5, 0.6) is 0 Å². The monoisotopic (exact) mass is 343 g/mol. The van der Waals surface area contributed by atoms with Crippen molar-refractivity contribution in [1.82, 2.24) is 15.3 Å². The van der Waals surface area contributed by atoms with Gasteiger partial charge in [0.15, 0.2) is 5.16 Å². The molecule has 5 nitrogen and oxygen atoms in total. The maximum absolute atomic E-state index is 12.6. The number of nitrogens with zero attached hydrogens (tertiary/aromatic N) is 1. The van der Waals surface area contributed by atoms with Gasteiger partial charge in [0.2, 0.25) is 5.91 Å². The van der Waals surface area contributed by atoms with E-state index in [4.69, 9.17) is 0 Å². The maximum Gasteiger partial charge on any atom is 0.251 e. The topological polar surface area (TPSA) is 74.8 Å². The van der Waals surface area contributed by atoms with E-state index in [0.717, 1.165) is 36.9 Å². The predicted octanol–water partition coefficient (Wildman–Crippen LogP) is 2.83. The molecule has 1 atom stereocenters. The highest BCUT2D eigenvalue weighted by Crippen LogP contribution is 2.34. The first kappa shape index (κ1) is 16.8. The van der Waals surface area contributed by atoms with E-state index in [1.807, 2.05) is 37.3 Å². The molecule has 0 spiro atoms. The number of rotatable bonds is 7. The van der Waals surface area contributed by atoms with Crippen LogP contribution in [0.3, 0.4) is 0 Å². The molecule has 0 unspecified atom stereocenters. The SMILES string of the molecule is CCCc1cc(=O)[nH]c(S[C@H](C(=O)NC2CC2)c2ccccc2)n1. The standard InChI is InChI=1S/C18H21N3O2S/c1-2-6-14-11-15(22)21-18(20-14)24-16(12-7-4-3-5-8-12)17(23)19-13-9-10-13/h3-5,7-8,11,13,16H,2,6,9-10H2,1H3,(H,19,23)(H,20,21,22)/t16-/m0/s1. The summed E-state index contributed by atoms with van der Waals surface area (Å²) >= 11 is 1.30. The lowest BCUT2D eigenvalue weighted by atomic mass is 10.1. The molecule has 0 saturated heterocycles. The molecule has 1 aliphatic rings. The Balaban J connectivity index is 1.85. The van der Waals surface area contributed by atoms with E-state index < -0.39 is 5.25 Å². The third kappa shape index (κ3) is 4.47. The number of aryl methyl sites for hydroxylation is 1. The number of benzene rings is 1. The van der Waals surface area contributed by atoms with Crippen LogP contribution in [0.1, 0.15) is 42.7 Å². The van der Waals surface area contributed by atoms with E-state index in [2.05, 4.69) is 15.3 Å². The van der Waals surface area contributed by atoms with Crippen molar-refractivity contribution < 1.29 is 4.79 Å². The van der Waals surface area contributed by atoms with Gasteiger partial charge in [-0.05, 0) is 24.8 Å². The third-order valence-electron chi connectivity index (χ3n) is 3.77.